The molecule has 4 rings (SSSR count). The summed E-state index contributed by atoms with van der Waals surface area (Å²) < 4.78 is 13.3. The molecule has 0 fully saturated rings. The molecule has 2 aromatic carbocycles. The number of anilines is 2. The molecule has 2 nitrogen and oxygen atoms in total. The van der Waals surface area contributed by atoms with Gasteiger partial charge >= 0.3 is 0 Å². The quantitative estimate of drug-likeness (QED) is 0.698. The van der Waals surface area contributed by atoms with Gasteiger partial charge in [0.1, 0.15) is 5.82 Å². The highest BCUT2D eigenvalue weighted by atomic mass is 35.5. The van der Waals surface area contributed by atoms with Crippen LogP contribution in [0, 0.1) is 5.82 Å². The maximum atomic E-state index is 13.3. The highest BCUT2D eigenvalue weighted by Crippen LogP contribution is 2.36. The van der Waals surface area contributed by atoms with E-state index in [-0.39, 0.29) is 5.02 Å². The molecule has 0 aliphatic heterocycles. The van der Waals surface area contributed by atoms with Crippen LogP contribution >= 0.6 is 11.6 Å². The molecule has 1 aromatic heterocycles. The Kier molecular flexibility index (Phi) is 3.23. The molecule has 0 amide bonds. The number of nitrogens with one attached hydrogen (secondary N) is 1. The van der Waals surface area contributed by atoms with Crippen LogP contribution in [0.15, 0.2) is 42.5 Å². The highest BCUT2D eigenvalue weighted by Gasteiger charge is 2.19. The van der Waals surface area contributed by atoms with E-state index in [9.17, 15) is 4.39 Å². The van der Waals surface area contributed by atoms with Crippen molar-refractivity contribution < 1.29 is 4.39 Å². The Morgan fingerprint density at radius 2 is 1.95 bits per heavy atom. The van der Waals surface area contributed by atoms with Gasteiger partial charge in [0.15, 0.2) is 0 Å². The van der Waals surface area contributed by atoms with Crippen molar-refractivity contribution in [2.45, 2.75) is 19.3 Å². The molecule has 22 heavy (non-hydrogen) atoms. The minimum atomic E-state index is -0.406. The van der Waals surface area contributed by atoms with E-state index in [0.717, 1.165) is 47.2 Å². The van der Waals surface area contributed by atoms with Gasteiger partial charge < -0.3 is 5.32 Å². The summed E-state index contributed by atoms with van der Waals surface area (Å²) in [6, 6.07) is 12.8. The average molecular weight is 313 g/mol. The van der Waals surface area contributed by atoms with E-state index in [0.29, 0.717) is 0 Å². The average Bonchev–Trinajstić information content (AvgIpc) is 2.99. The van der Waals surface area contributed by atoms with Crippen molar-refractivity contribution in [3.63, 3.8) is 0 Å². The topological polar surface area (TPSA) is 24.9 Å². The Balaban J connectivity index is 1.88. The Morgan fingerprint density at radius 3 is 2.82 bits per heavy atom. The number of nitrogens with zero attached hydrogens (tertiary/aromatic N) is 1. The predicted octanol–water partition coefficient (Wildman–Crippen LogP) is 5.26. The number of hydrogen-bond donors (Lipinski definition) is 1. The second-order valence-corrected chi connectivity index (χ2v) is 5.94. The first kappa shape index (κ1) is 13.5. The molecule has 110 valence electrons. The lowest BCUT2D eigenvalue weighted by atomic mass is 10.1. The van der Waals surface area contributed by atoms with E-state index >= 15 is 0 Å². The molecule has 0 unspecified atom stereocenters. The van der Waals surface area contributed by atoms with Crippen LogP contribution < -0.4 is 5.32 Å². The Labute approximate surface area is 132 Å². The second kappa shape index (κ2) is 5.25. The first-order valence-corrected chi connectivity index (χ1v) is 7.73. The van der Waals surface area contributed by atoms with Gasteiger partial charge in [-0.1, -0.05) is 29.8 Å². The van der Waals surface area contributed by atoms with Crippen LogP contribution in [-0.2, 0) is 12.8 Å². The maximum Gasteiger partial charge on any atom is 0.141 e. The monoisotopic (exact) mass is 312 g/mol. The zero-order chi connectivity index (χ0) is 15.1. The lowest BCUT2D eigenvalue weighted by Gasteiger charge is -2.15. The van der Waals surface area contributed by atoms with Crippen molar-refractivity contribution in [1.29, 1.82) is 0 Å². The molecular formula is C18H14ClFN2. The Morgan fingerprint density at radius 1 is 1.09 bits per heavy atom. The third-order valence-corrected chi connectivity index (χ3v) is 4.40. The zero-order valence-corrected chi connectivity index (χ0v) is 12.6. The van der Waals surface area contributed by atoms with E-state index in [1.807, 2.05) is 18.2 Å². The number of fused-ring (bicyclic) bond motifs is 2. The number of pyridine rings is 1. The predicted molar refractivity (Wildman–Crippen MR) is 88.5 cm³/mol. The normalized spacial score (nSPS) is 13.4. The summed E-state index contributed by atoms with van der Waals surface area (Å²) in [4.78, 5) is 4.76. The molecule has 4 heteroatoms. The minimum Gasteiger partial charge on any atom is -0.355 e. The molecule has 1 N–H and O–H groups in total. The summed E-state index contributed by atoms with van der Waals surface area (Å²) in [7, 11) is 0. The van der Waals surface area contributed by atoms with E-state index in [1.165, 1.54) is 11.6 Å². The number of para-hydroxylation sites is 1. The second-order valence-electron chi connectivity index (χ2n) is 5.54. The standard InChI is InChI=1S/C18H14ClFN2/c19-14-10-11(8-9-15(14)20)21-18-12-4-1-2-6-16(12)22-17-7-3-5-13(17)18/h1-2,4,6,8-10H,3,5,7H2,(H,21,22). The van der Waals surface area contributed by atoms with Gasteiger partial charge in [-0.25, -0.2) is 4.39 Å². The first-order valence-electron chi connectivity index (χ1n) is 7.35. The van der Waals surface area contributed by atoms with Crippen LogP contribution in [-0.4, -0.2) is 4.98 Å². The summed E-state index contributed by atoms with van der Waals surface area (Å²) in [5.74, 6) is -0.406. The van der Waals surface area contributed by atoms with Gasteiger partial charge in [-0.05, 0) is 49.1 Å². The van der Waals surface area contributed by atoms with Crippen LogP contribution in [0.1, 0.15) is 17.7 Å². The molecular weight excluding hydrogens is 299 g/mol. The minimum absolute atomic E-state index is 0.125. The summed E-state index contributed by atoms with van der Waals surface area (Å²) in [6.45, 7) is 0. The summed E-state index contributed by atoms with van der Waals surface area (Å²) in [5, 5.41) is 4.64. The van der Waals surface area contributed by atoms with Gasteiger partial charge in [0.2, 0.25) is 0 Å². The smallest absolute Gasteiger partial charge is 0.141 e. The van der Waals surface area contributed by atoms with E-state index in [2.05, 4.69) is 11.4 Å². The molecule has 1 aliphatic rings. The lowest BCUT2D eigenvalue weighted by Crippen LogP contribution is -2.00. The third kappa shape index (κ3) is 2.22. The third-order valence-electron chi connectivity index (χ3n) is 4.11. The maximum absolute atomic E-state index is 13.3. The van der Waals surface area contributed by atoms with Gasteiger partial charge in [0.05, 0.1) is 16.2 Å². The molecule has 1 heterocycles. The molecule has 0 saturated heterocycles. The van der Waals surface area contributed by atoms with Crippen LogP contribution in [0.5, 0.6) is 0 Å². The number of benzene rings is 2. The SMILES string of the molecule is Fc1ccc(Nc2c3c(nc4ccccc24)CCC3)cc1Cl. The van der Waals surface area contributed by atoms with E-state index < -0.39 is 5.82 Å². The number of aryl methyl sites for hydroxylation is 1. The van der Waals surface area contributed by atoms with Gasteiger partial charge in [0.25, 0.3) is 0 Å². The molecule has 1 aliphatic carbocycles. The summed E-state index contributed by atoms with van der Waals surface area (Å²) in [5.41, 5.74) is 5.27. The fraction of sp³-hybridized carbons (Fsp3) is 0.167. The van der Waals surface area contributed by atoms with Crippen molar-refractivity contribution in [2.24, 2.45) is 0 Å². The van der Waals surface area contributed by atoms with Crippen molar-refractivity contribution in [3.05, 3.63) is 64.6 Å². The van der Waals surface area contributed by atoms with Crippen molar-refractivity contribution in [1.82, 2.24) is 4.98 Å². The molecule has 3 aromatic rings. The number of aromatic nitrogens is 1. The number of halogens is 2. The Hall–Kier alpha value is -2.13. The summed E-state index contributed by atoms with van der Waals surface area (Å²) in [6.07, 6.45) is 3.15. The molecule has 0 saturated carbocycles. The number of hydrogen-bond acceptors (Lipinski definition) is 2. The van der Waals surface area contributed by atoms with Crippen molar-refractivity contribution in [3.8, 4) is 0 Å². The lowest BCUT2D eigenvalue weighted by molar-refractivity contribution is 0.628. The summed E-state index contributed by atoms with van der Waals surface area (Å²) >= 11 is 5.89. The first-order chi connectivity index (χ1) is 10.7. The van der Waals surface area contributed by atoms with Crippen LogP contribution in [0.4, 0.5) is 15.8 Å². The fourth-order valence-electron chi connectivity index (χ4n) is 3.07. The van der Waals surface area contributed by atoms with Crippen molar-refractivity contribution >= 4 is 33.9 Å². The highest BCUT2D eigenvalue weighted by molar-refractivity contribution is 6.31. The largest absolute Gasteiger partial charge is 0.355 e. The van der Waals surface area contributed by atoms with Gasteiger partial charge in [-0.15, -0.1) is 0 Å². The van der Waals surface area contributed by atoms with Gasteiger partial charge in [0, 0.05) is 16.8 Å². The van der Waals surface area contributed by atoms with Gasteiger partial charge in [-0.2, -0.15) is 0 Å². The molecule has 0 spiro atoms. The van der Waals surface area contributed by atoms with Crippen LogP contribution in [0.2, 0.25) is 5.02 Å². The number of rotatable bonds is 2. The molecule has 0 radical (unpaired) electrons. The van der Waals surface area contributed by atoms with Crippen LogP contribution in [0.25, 0.3) is 10.9 Å². The Bertz CT molecular complexity index is 876. The van der Waals surface area contributed by atoms with Crippen LogP contribution in [0.3, 0.4) is 0 Å². The molecule has 0 bridgehead atoms. The zero-order valence-electron chi connectivity index (χ0n) is 11.9. The van der Waals surface area contributed by atoms with Gasteiger partial charge in [-0.3, -0.25) is 4.98 Å². The van der Waals surface area contributed by atoms with Crippen molar-refractivity contribution in [2.75, 3.05) is 5.32 Å². The molecule has 0 atom stereocenters. The van der Waals surface area contributed by atoms with E-state index in [4.69, 9.17) is 16.6 Å². The fourth-order valence-corrected chi connectivity index (χ4v) is 3.25. The van der Waals surface area contributed by atoms with E-state index in [1.54, 1.807) is 12.1 Å².